The lowest BCUT2D eigenvalue weighted by Gasteiger charge is -2.38. The molecule has 3 atom stereocenters. The molecule has 1 N–H and O–H groups in total. The van der Waals surface area contributed by atoms with Crippen LogP contribution in [-0.4, -0.2) is 13.1 Å². The van der Waals surface area contributed by atoms with Crippen molar-refractivity contribution in [1.82, 2.24) is 0 Å². The molecule has 0 bridgehead atoms. The number of para-hydroxylation sites is 1. The number of fused-ring (bicyclic) bond motifs is 3. The highest BCUT2D eigenvalue weighted by Crippen LogP contribution is 2.52. The molecule has 25 heavy (non-hydrogen) atoms. The number of carbonyl (C=O) groups is 1. The zero-order valence-corrected chi connectivity index (χ0v) is 15.1. The smallest absolute Gasteiger partial charge is 0.339 e. The lowest BCUT2D eigenvalue weighted by molar-refractivity contribution is 0.0601. The Kier molecular flexibility index (Phi) is 4.22. The molecule has 0 spiro atoms. The molecule has 2 aromatic rings. The zero-order chi connectivity index (χ0) is 17.6. The monoisotopic (exact) mass is 373 g/mol. The molecule has 0 unspecified atom stereocenters. The van der Waals surface area contributed by atoms with Gasteiger partial charge >= 0.3 is 5.97 Å². The Morgan fingerprint density at radius 3 is 2.60 bits per heavy atom. The van der Waals surface area contributed by atoms with Crippen LogP contribution in [-0.2, 0) is 4.74 Å². The number of allylic oxidation sites excluding steroid dienone is 2. The van der Waals surface area contributed by atoms with Gasteiger partial charge in [-0.25, -0.2) is 4.79 Å². The average Bonchev–Trinajstić information content (AvgIpc) is 3.10. The first-order chi connectivity index (χ1) is 12.1. The van der Waals surface area contributed by atoms with E-state index in [2.05, 4.69) is 23.5 Å². The SMILES string of the molecule is COC(=O)c1cccc2c1N[C@@H](c1c(Cl)cccc1Cl)[C@H]1CC=C[C@@H]21. The molecule has 1 aliphatic carbocycles. The van der Waals surface area contributed by atoms with E-state index in [1.54, 1.807) is 6.07 Å². The van der Waals surface area contributed by atoms with Crippen molar-refractivity contribution >= 4 is 34.9 Å². The fraction of sp³-hybridized carbons (Fsp3) is 0.250. The third kappa shape index (κ3) is 2.62. The molecule has 2 aromatic carbocycles. The quantitative estimate of drug-likeness (QED) is 0.549. The highest BCUT2D eigenvalue weighted by atomic mass is 35.5. The van der Waals surface area contributed by atoms with E-state index in [0.717, 1.165) is 23.2 Å². The van der Waals surface area contributed by atoms with E-state index < -0.39 is 0 Å². The summed E-state index contributed by atoms with van der Waals surface area (Å²) in [5.74, 6) is 0.171. The van der Waals surface area contributed by atoms with E-state index in [1.165, 1.54) is 7.11 Å². The molecule has 3 nitrogen and oxygen atoms in total. The Labute approximate surface area is 156 Å². The normalized spacial score (nSPS) is 23.6. The Hall–Kier alpha value is -1.97. The maximum absolute atomic E-state index is 12.2. The van der Waals surface area contributed by atoms with Crippen molar-refractivity contribution < 1.29 is 9.53 Å². The molecule has 0 aromatic heterocycles. The highest BCUT2D eigenvalue weighted by molar-refractivity contribution is 6.36. The number of hydrogen-bond acceptors (Lipinski definition) is 3. The summed E-state index contributed by atoms with van der Waals surface area (Å²) < 4.78 is 4.95. The van der Waals surface area contributed by atoms with Crippen molar-refractivity contribution in [2.24, 2.45) is 5.92 Å². The largest absolute Gasteiger partial charge is 0.465 e. The second kappa shape index (κ2) is 6.40. The zero-order valence-electron chi connectivity index (χ0n) is 13.6. The number of anilines is 1. The topological polar surface area (TPSA) is 38.3 Å². The minimum Gasteiger partial charge on any atom is -0.465 e. The second-order valence-corrected chi connectivity index (χ2v) is 7.19. The highest BCUT2D eigenvalue weighted by Gasteiger charge is 2.40. The third-order valence-corrected chi connectivity index (χ3v) is 5.77. The molecule has 0 saturated heterocycles. The molecule has 128 valence electrons. The molecule has 2 aliphatic rings. The number of benzene rings is 2. The fourth-order valence-corrected chi connectivity index (χ4v) is 4.63. The van der Waals surface area contributed by atoms with Gasteiger partial charge in [0.15, 0.2) is 0 Å². The van der Waals surface area contributed by atoms with Crippen molar-refractivity contribution in [3.05, 3.63) is 75.3 Å². The van der Waals surface area contributed by atoms with Gasteiger partial charge in [-0.2, -0.15) is 0 Å². The standard InChI is InChI=1S/C20H17Cl2NO2/c1-25-20(24)14-8-3-6-12-11-5-2-7-13(11)19(23-18(12)14)17-15(21)9-4-10-16(17)22/h2-6,8-11,13,19,23H,7H2,1H3/t11-,13-,19+/m0/s1. The minimum absolute atomic E-state index is 0.0699. The molecule has 5 heteroatoms. The van der Waals surface area contributed by atoms with Crippen LogP contribution >= 0.6 is 23.2 Å². The van der Waals surface area contributed by atoms with Crippen LogP contribution in [0.5, 0.6) is 0 Å². The van der Waals surface area contributed by atoms with Crippen LogP contribution in [0.4, 0.5) is 5.69 Å². The van der Waals surface area contributed by atoms with E-state index in [-0.39, 0.29) is 17.9 Å². The molecule has 0 radical (unpaired) electrons. The maximum atomic E-state index is 12.2. The minimum atomic E-state index is -0.353. The van der Waals surface area contributed by atoms with Gasteiger partial charge in [0.2, 0.25) is 0 Å². The Bertz CT molecular complexity index is 858. The van der Waals surface area contributed by atoms with Gasteiger partial charge in [-0.3, -0.25) is 0 Å². The maximum Gasteiger partial charge on any atom is 0.339 e. The van der Waals surface area contributed by atoms with Crippen molar-refractivity contribution in [1.29, 1.82) is 0 Å². The summed E-state index contributed by atoms with van der Waals surface area (Å²) >= 11 is 12.9. The Balaban J connectivity index is 1.88. The predicted molar refractivity (Wildman–Crippen MR) is 101 cm³/mol. The van der Waals surface area contributed by atoms with E-state index in [1.807, 2.05) is 24.3 Å². The Morgan fingerprint density at radius 2 is 1.88 bits per heavy atom. The van der Waals surface area contributed by atoms with Crippen LogP contribution in [0.15, 0.2) is 48.6 Å². The van der Waals surface area contributed by atoms with Crippen LogP contribution in [0.3, 0.4) is 0 Å². The van der Waals surface area contributed by atoms with Gasteiger partial charge in [0, 0.05) is 21.5 Å². The second-order valence-electron chi connectivity index (χ2n) is 6.37. The van der Waals surface area contributed by atoms with Gasteiger partial charge in [0.1, 0.15) is 0 Å². The number of rotatable bonds is 2. The van der Waals surface area contributed by atoms with Gasteiger partial charge < -0.3 is 10.1 Å². The number of nitrogens with one attached hydrogen (secondary N) is 1. The van der Waals surface area contributed by atoms with Gasteiger partial charge in [-0.05, 0) is 36.1 Å². The van der Waals surface area contributed by atoms with Gasteiger partial charge in [-0.1, -0.05) is 53.6 Å². The van der Waals surface area contributed by atoms with Gasteiger partial charge in [0.25, 0.3) is 0 Å². The summed E-state index contributed by atoms with van der Waals surface area (Å²) in [5.41, 5.74) is 3.34. The molecule has 0 saturated carbocycles. The number of ether oxygens (including phenoxy) is 1. The molecular formula is C20H17Cl2NO2. The summed E-state index contributed by atoms with van der Waals surface area (Å²) in [5, 5.41) is 4.81. The molecular weight excluding hydrogens is 357 g/mol. The molecule has 0 fully saturated rings. The van der Waals surface area contributed by atoms with Crippen molar-refractivity contribution in [2.45, 2.75) is 18.4 Å². The Morgan fingerprint density at radius 1 is 1.16 bits per heavy atom. The number of hydrogen-bond donors (Lipinski definition) is 1. The van der Waals surface area contributed by atoms with E-state index in [9.17, 15) is 4.79 Å². The van der Waals surface area contributed by atoms with Crippen molar-refractivity contribution in [3.8, 4) is 0 Å². The summed E-state index contributed by atoms with van der Waals surface area (Å²) in [6.45, 7) is 0. The first-order valence-electron chi connectivity index (χ1n) is 8.20. The predicted octanol–water partition coefficient (Wildman–Crippen LogP) is 5.61. The molecule has 0 amide bonds. The van der Waals surface area contributed by atoms with Crippen LogP contribution in [0.2, 0.25) is 10.0 Å². The number of carbonyl (C=O) groups excluding carboxylic acids is 1. The van der Waals surface area contributed by atoms with Crippen molar-refractivity contribution in [2.75, 3.05) is 12.4 Å². The number of esters is 1. The van der Waals surface area contributed by atoms with Crippen LogP contribution in [0.1, 0.15) is 39.9 Å². The van der Waals surface area contributed by atoms with Crippen molar-refractivity contribution in [3.63, 3.8) is 0 Å². The molecule has 1 heterocycles. The van der Waals surface area contributed by atoms with Gasteiger partial charge in [-0.15, -0.1) is 0 Å². The summed E-state index contributed by atoms with van der Waals surface area (Å²) in [4.78, 5) is 12.2. The van der Waals surface area contributed by atoms with E-state index >= 15 is 0 Å². The lowest BCUT2D eigenvalue weighted by atomic mass is 9.76. The van der Waals surface area contributed by atoms with Gasteiger partial charge in [0.05, 0.1) is 24.4 Å². The van der Waals surface area contributed by atoms with Crippen LogP contribution < -0.4 is 5.32 Å². The lowest BCUT2D eigenvalue weighted by Crippen LogP contribution is -2.30. The van der Waals surface area contributed by atoms with E-state index in [4.69, 9.17) is 27.9 Å². The van der Waals surface area contributed by atoms with Crippen LogP contribution in [0.25, 0.3) is 0 Å². The first-order valence-corrected chi connectivity index (χ1v) is 8.95. The fourth-order valence-electron chi connectivity index (χ4n) is 4.00. The number of halogens is 2. The summed E-state index contributed by atoms with van der Waals surface area (Å²) in [6, 6.07) is 11.2. The average molecular weight is 374 g/mol. The summed E-state index contributed by atoms with van der Waals surface area (Å²) in [6.07, 6.45) is 5.34. The third-order valence-electron chi connectivity index (χ3n) is 5.11. The molecule has 1 aliphatic heterocycles. The summed E-state index contributed by atoms with van der Waals surface area (Å²) in [7, 11) is 1.39. The van der Waals surface area contributed by atoms with E-state index in [0.29, 0.717) is 21.5 Å². The number of methoxy groups -OCH3 is 1. The van der Waals surface area contributed by atoms with Crippen LogP contribution in [0, 0.1) is 5.92 Å². The molecule has 4 rings (SSSR count). The first kappa shape index (κ1) is 16.5.